The van der Waals surface area contributed by atoms with Crippen LogP contribution in [-0.4, -0.2) is 15.5 Å². The van der Waals surface area contributed by atoms with Gasteiger partial charge in [0.25, 0.3) is 10.0 Å². The van der Waals surface area contributed by atoms with Gasteiger partial charge in [-0.05, 0) is 60.2 Å². The van der Waals surface area contributed by atoms with Crippen molar-refractivity contribution in [1.82, 2.24) is 0 Å². The Labute approximate surface area is 233 Å². The van der Waals surface area contributed by atoms with Crippen molar-refractivity contribution < 1.29 is 17.3 Å². The van der Waals surface area contributed by atoms with Crippen LogP contribution in [0.5, 0.6) is 5.75 Å². The topological polar surface area (TPSA) is 59.0 Å². The average molecular weight is 581 g/mol. The van der Waals surface area contributed by atoms with Crippen LogP contribution in [0.25, 0.3) is 0 Å². The van der Waals surface area contributed by atoms with Gasteiger partial charge in [0.15, 0.2) is 11.6 Å². The number of nitrogens with zero attached hydrogens (tertiary/aromatic N) is 2. The van der Waals surface area contributed by atoms with E-state index in [0.717, 1.165) is 16.9 Å². The summed E-state index contributed by atoms with van der Waals surface area (Å²) < 4.78 is 53.7. The quantitative estimate of drug-likeness (QED) is 0.217. The molecule has 0 fully saturated rings. The Kier molecular flexibility index (Phi) is 7.19. The van der Waals surface area contributed by atoms with Crippen molar-refractivity contribution >= 4 is 39.9 Å². The van der Waals surface area contributed by atoms with Crippen LogP contribution < -0.4 is 14.7 Å². The van der Waals surface area contributed by atoms with E-state index in [4.69, 9.17) is 16.1 Å². The second-order valence-electron chi connectivity index (χ2n) is 9.71. The number of hydrogen-bond donors (Lipinski definition) is 0. The lowest BCUT2D eigenvalue weighted by Crippen LogP contribution is -2.24. The predicted molar refractivity (Wildman–Crippen MR) is 157 cm³/mol. The maximum absolute atomic E-state index is 15.0. The van der Waals surface area contributed by atoms with Gasteiger partial charge in [0, 0.05) is 40.0 Å². The van der Waals surface area contributed by atoms with E-state index in [0.29, 0.717) is 10.3 Å². The van der Waals surface area contributed by atoms with Crippen molar-refractivity contribution in [3.63, 3.8) is 0 Å². The summed E-state index contributed by atoms with van der Waals surface area (Å²) in [6.07, 6.45) is 0. The Morgan fingerprint density at radius 2 is 1.51 bits per heavy atom. The van der Waals surface area contributed by atoms with Gasteiger partial charge in [-0.1, -0.05) is 74.0 Å². The first kappa shape index (κ1) is 27.2. The fourth-order valence-electron chi connectivity index (χ4n) is 4.76. The zero-order valence-electron chi connectivity index (χ0n) is 21.6. The summed E-state index contributed by atoms with van der Waals surface area (Å²) in [5, 5.41) is 0.924. The summed E-state index contributed by atoms with van der Waals surface area (Å²) in [5.74, 6) is 1.09. The van der Waals surface area contributed by atoms with E-state index < -0.39 is 28.5 Å². The van der Waals surface area contributed by atoms with E-state index in [9.17, 15) is 8.42 Å². The fraction of sp³-hybridized carbons (Fsp3) is 0.133. The highest BCUT2D eigenvalue weighted by molar-refractivity contribution is 7.95. The lowest BCUT2D eigenvalue weighted by atomic mass is 9.84. The Bertz CT molecular complexity index is 1720. The van der Waals surface area contributed by atoms with E-state index in [-0.39, 0.29) is 10.6 Å². The monoisotopic (exact) mass is 580 g/mol. The summed E-state index contributed by atoms with van der Waals surface area (Å²) in [4.78, 5) is 1.98. The summed E-state index contributed by atoms with van der Waals surface area (Å²) in [6, 6.07) is 28.7. The first-order valence-electron chi connectivity index (χ1n) is 12.2. The molecule has 0 aliphatic carbocycles. The van der Waals surface area contributed by atoms with Crippen molar-refractivity contribution in [1.29, 1.82) is 0 Å². The largest absolute Gasteiger partial charge is 0.448 e. The first-order chi connectivity index (χ1) is 18.5. The number of fused-ring (bicyclic) bond motifs is 1. The van der Waals surface area contributed by atoms with Crippen LogP contribution in [0.1, 0.15) is 19.4 Å². The molecule has 0 aromatic heterocycles. The van der Waals surface area contributed by atoms with E-state index >= 15 is 4.39 Å². The minimum Gasteiger partial charge on any atom is -0.448 e. The number of para-hydroxylation sites is 2. The summed E-state index contributed by atoms with van der Waals surface area (Å²) in [5.41, 5.74) is 2.36. The van der Waals surface area contributed by atoms with Gasteiger partial charge in [-0.2, -0.15) is 8.42 Å². The molecule has 1 atom stereocenters. The Morgan fingerprint density at radius 3 is 2.18 bits per heavy atom. The van der Waals surface area contributed by atoms with Crippen molar-refractivity contribution in [2.75, 3.05) is 11.9 Å². The molecule has 5 nitrogen and oxygen atoms in total. The van der Waals surface area contributed by atoms with E-state index in [2.05, 4.69) is 24.1 Å². The third-order valence-corrected chi connectivity index (χ3v) is 11.8. The molecule has 0 bridgehead atoms. The van der Waals surface area contributed by atoms with E-state index in [1.807, 2.05) is 36.2 Å². The van der Waals surface area contributed by atoms with Crippen molar-refractivity contribution in [3.8, 4) is 5.75 Å². The van der Waals surface area contributed by atoms with Crippen LogP contribution in [0, 0.1) is 5.82 Å². The maximum atomic E-state index is 15.0. The number of anilines is 1. The SMILES string of the molecule is CN1C(=CP(=NS(=O)(=O)c2ccc(Cl)cc2)(Oc2ccccc2F)c2ccccc2)C(C)(C)c2ccccc21. The number of sulfonamides is 1. The molecule has 1 unspecified atom stereocenters. The highest BCUT2D eigenvalue weighted by atomic mass is 35.5. The molecule has 5 rings (SSSR count). The molecule has 1 aliphatic rings. The molecule has 4 aromatic rings. The molecule has 200 valence electrons. The second-order valence-corrected chi connectivity index (χ2v) is 14.4. The van der Waals surface area contributed by atoms with Gasteiger partial charge in [0.1, 0.15) is 0 Å². The van der Waals surface area contributed by atoms with Gasteiger partial charge < -0.3 is 9.42 Å². The van der Waals surface area contributed by atoms with Gasteiger partial charge >= 0.3 is 0 Å². The van der Waals surface area contributed by atoms with Crippen molar-refractivity contribution in [3.05, 3.63) is 131 Å². The molecule has 0 saturated carbocycles. The molecule has 1 heterocycles. The summed E-state index contributed by atoms with van der Waals surface area (Å²) in [7, 11) is -5.98. The lowest BCUT2D eigenvalue weighted by Gasteiger charge is -2.29. The molecular formula is C30H27ClFN2O3PS. The number of hydrogen-bond acceptors (Lipinski definition) is 4. The standard InChI is InChI=1S/C30H27ClFN2O3PS/c1-30(2)25-13-7-9-15-27(25)34(3)29(30)21-38(23-11-5-4-6-12-23,37-28-16-10-8-14-26(28)32)33-39(35,36)24-19-17-22(31)18-20-24/h4-21H,1-3H3. The number of likely N-dealkylation sites (N-methyl/N-ethyl adjacent to an activating group) is 1. The molecule has 4 aromatic carbocycles. The number of allylic oxidation sites excluding steroid dienone is 1. The van der Waals surface area contributed by atoms with Crippen molar-refractivity contribution in [2.45, 2.75) is 24.2 Å². The Morgan fingerprint density at radius 1 is 0.897 bits per heavy atom. The Hall–Kier alpha value is -3.38. The van der Waals surface area contributed by atoms with Crippen molar-refractivity contribution in [2.24, 2.45) is 4.15 Å². The van der Waals surface area contributed by atoms with Crippen LogP contribution in [0.4, 0.5) is 10.1 Å². The van der Waals surface area contributed by atoms with Gasteiger partial charge in [-0.25, -0.2) is 4.39 Å². The minimum atomic E-state index is -4.27. The number of rotatable bonds is 6. The lowest BCUT2D eigenvalue weighted by molar-refractivity contribution is 0.529. The van der Waals surface area contributed by atoms with Crippen LogP contribution in [0.15, 0.2) is 124 Å². The predicted octanol–water partition coefficient (Wildman–Crippen LogP) is 7.96. The molecule has 0 saturated heterocycles. The van der Waals surface area contributed by atoms with Gasteiger partial charge in [0.2, 0.25) is 7.28 Å². The highest BCUT2D eigenvalue weighted by Gasteiger charge is 2.41. The molecule has 1 aliphatic heterocycles. The molecule has 39 heavy (non-hydrogen) atoms. The normalized spacial score (nSPS) is 16.9. The summed E-state index contributed by atoms with van der Waals surface area (Å²) in [6.45, 7) is 4.13. The zero-order chi connectivity index (χ0) is 27.8. The van der Waals surface area contributed by atoms with E-state index in [1.54, 1.807) is 42.2 Å². The van der Waals surface area contributed by atoms with Gasteiger partial charge in [0.05, 0.1) is 4.90 Å². The molecule has 9 heteroatoms. The minimum absolute atomic E-state index is 0.0370. The number of benzene rings is 4. The fourth-order valence-corrected chi connectivity index (χ4v) is 9.90. The third-order valence-electron chi connectivity index (χ3n) is 6.78. The summed E-state index contributed by atoms with van der Waals surface area (Å²) >= 11 is 6.02. The van der Waals surface area contributed by atoms with Crippen LogP contribution in [-0.2, 0) is 15.4 Å². The smallest absolute Gasteiger partial charge is 0.284 e. The maximum Gasteiger partial charge on any atom is 0.284 e. The van der Waals surface area contributed by atoms with Gasteiger partial charge in [-0.3, -0.25) is 0 Å². The molecular weight excluding hydrogens is 554 g/mol. The van der Waals surface area contributed by atoms with Crippen LogP contribution in [0.2, 0.25) is 5.02 Å². The average Bonchev–Trinajstić information content (AvgIpc) is 3.11. The van der Waals surface area contributed by atoms with Crippen LogP contribution in [0.3, 0.4) is 0 Å². The third kappa shape index (κ3) is 5.14. The molecule has 0 spiro atoms. The second kappa shape index (κ2) is 10.3. The Balaban J connectivity index is 1.85. The zero-order valence-corrected chi connectivity index (χ0v) is 24.1. The van der Waals surface area contributed by atoms with Crippen LogP contribution >= 0.6 is 18.9 Å². The first-order valence-corrected chi connectivity index (χ1v) is 15.8. The molecule has 0 radical (unpaired) electrons. The highest BCUT2D eigenvalue weighted by Crippen LogP contribution is 2.58. The van der Waals surface area contributed by atoms with E-state index in [1.165, 1.54) is 36.4 Å². The number of halogens is 2. The molecule has 0 N–H and O–H groups in total. The molecule has 0 amide bonds. The van der Waals surface area contributed by atoms with Gasteiger partial charge in [-0.15, -0.1) is 4.15 Å².